The van der Waals surface area contributed by atoms with E-state index in [1.165, 1.54) is 70.9 Å². The molecule has 2 nitrogen and oxygen atoms in total. The molecule has 0 fully saturated rings. The van der Waals surface area contributed by atoms with Crippen LogP contribution in [0.15, 0.2) is 0 Å². The Morgan fingerprint density at radius 3 is 1.23 bits per heavy atom. The van der Waals surface area contributed by atoms with Crippen LogP contribution in [0, 0.1) is 34.5 Å². The van der Waals surface area contributed by atoms with Gasteiger partial charge in [-0.3, -0.25) is 0 Å². The lowest BCUT2D eigenvalue weighted by Gasteiger charge is -2.27. The molecule has 0 rings (SSSR count). The second-order valence-corrected chi connectivity index (χ2v) is 13.3. The van der Waals surface area contributed by atoms with Gasteiger partial charge in [-0.25, -0.2) is 0 Å². The number of rotatable bonds is 20. The Kier molecular flexibility index (Phi) is 16.5. The zero-order valence-corrected chi connectivity index (χ0v) is 23.5. The van der Waals surface area contributed by atoms with Crippen molar-refractivity contribution in [1.29, 1.82) is 0 Å². The third kappa shape index (κ3) is 20.3. The standard InChI is InChI=1S/C29H62N2/c1-24(2)20-26(5)14-16-28(7,8)22-30-18-12-11-13-19-31-23-29(9,10)17-15-27(6)21-25(3)4/h24-27,30-31H,11-23H2,1-10H3. The molecular formula is C29H62N2. The minimum Gasteiger partial charge on any atom is -0.316 e. The van der Waals surface area contributed by atoms with Gasteiger partial charge in [0, 0.05) is 13.1 Å². The van der Waals surface area contributed by atoms with Crippen LogP contribution < -0.4 is 10.6 Å². The number of hydrogen-bond donors (Lipinski definition) is 2. The molecule has 0 saturated heterocycles. The molecule has 0 saturated carbocycles. The van der Waals surface area contributed by atoms with Crippen LogP contribution in [0.5, 0.6) is 0 Å². The summed E-state index contributed by atoms with van der Waals surface area (Å²) in [5.74, 6) is 3.38. The van der Waals surface area contributed by atoms with E-state index in [-0.39, 0.29) is 0 Å². The first-order valence-corrected chi connectivity index (χ1v) is 13.7. The summed E-state index contributed by atoms with van der Waals surface area (Å²) >= 11 is 0. The summed E-state index contributed by atoms with van der Waals surface area (Å²) < 4.78 is 0. The van der Waals surface area contributed by atoms with E-state index in [1.807, 2.05) is 0 Å². The molecule has 2 N–H and O–H groups in total. The molecule has 2 unspecified atom stereocenters. The Morgan fingerprint density at radius 1 is 0.548 bits per heavy atom. The van der Waals surface area contributed by atoms with Gasteiger partial charge in [0.1, 0.15) is 0 Å². The van der Waals surface area contributed by atoms with Gasteiger partial charge < -0.3 is 10.6 Å². The van der Waals surface area contributed by atoms with Gasteiger partial charge in [-0.2, -0.15) is 0 Å². The molecule has 0 aromatic carbocycles. The van der Waals surface area contributed by atoms with Crippen molar-refractivity contribution < 1.29 is 0 Å². The monoisotopic (exact) mass is 438 g/mol. The molecule has 0 aliphatic heterocycles. The smallest absolute Gasteiger partial charge is 0.000252 e. The Bertz CT molecular complexity index is 373. The van der Waals surface area contributed by atoms with Gasteiger partial charge >= 0.3 is 0 Å². The summed E-state index contributed by atoms with van der Waals surface area (Å²) in [5, 5.41) is 7.45. The van der Waals surface area contributed by atoms with Crippen molar-refractivity contribution in [3.05, 3.63) is 0 Å². The Morgan fingerprint density at radius 2 is 0.903 bits per heavy atom. The van der Waals surface area contributed by atoms with Crippen LogP contribution in [-0.4, -0.2) is 26.2 Å². The highest BCUT2D eigenvalue weighted by Crippen LogP contribution is 2.27. The van der Waals surface area contributed by atoms with Crippen molar-refractivity contribution in [2.75, 3.05) is 26.2 Å². The largest absolute Gasteiger partial charge is 0.316 e. The number of hydrogen-bond acceptors (Lipinski definition) is 2. The maximum atomic E-state index is 3.73. The minimum absolute atomic E-state index is 0.422. The van der Waals surface area contributed by atoms with Gasteiger partial charge in [0.25, 0.3) is 0 Å². The van der Waals surface area contributed by atoms with Crippen molar-refractivity contribution in [3.8, 4) is 0 Å². The topological polar surface area (TPSA) is 24.1 Å². The van der Waals surface area contributed by atoms with Gasteiger partial charge in [-0.05, 0) is 86.1 Å². The third-order valence-corrected chi connectivity index (χ3v) is 6.79. The fourth-order valence-corrected chi connectivity index (χ4v) is 4.83. The lowest BCUT2D eigenvalue weighted by atomic mass is 9.83. The zero-order chi connectivity index (χ0) is 23.9. The average Bonchev–Trinajstić information content (AvgIpc) is 2.62. The molecule has 0 spiro atoms. The first-order valence-electron chi connectivity index (χ1n) is 13.7. The third-order valence-electron chi connectivity index (χ3n) is 6.79. The molecular weight excluding hydrogens is 376 g/mol. The predicted molar refractivity (Wildman–Crippen MR) is 143 cm³/mol. The van der Waals surface area contributed by atoms with Crippen molar-refractivity contribution in [2.24, 2.45) is 34.5 Å². The summed E-state index contributed by atoms with van der Waals surface area (Å²) in [6, 6.07) is 0. The highest BCUT2D eigenvalue weighted by molar-refractivity contribution is 4.74. The average molecular weight is 439 g/mol. The van der Waals surface area contributed by atoms with Crippen molar-refractivity contribution in [3.63, 3.8) is 0 Å². The van der Waals surface area contributed by atoms with Crippen LogP contribution in [0.4, 0.5) is 0 Å². The van der Waals surface area contributed by atoms with Crippen LogP contribution in [0.1, 0.15) is 127 Å². The van der Waals surface area contributed by atoms with Gasteiger partial charge in [-0.1, -0.05) is 88.5 Å². The van der Waals surface area contributed by atoms with Crippen LogP contribution in [0.25, 0.3) is 0 Å². The molecule has 0 aliphatic rings. The van der Waals surface area contributed by atoms with Crippen LogP contribution >= 0.6 is 0 Å². The predicted octanol–water partition coefficient (Wildman–Crippen LogP) is 8.31. The first-order chi connectivity index (χ1) is 14.3. The van der Waals surface area contributed by atoms with Gasteiger partial charge in [0.2, 0.25) is 0 Å². The molecule has 31 heavy (non-hydrogen) atoms. The molecule has 188 valence electrons. The summed E-state index contributed by atoms with van der Waals surface area (Å²) in [7, 11) is 0. The van der Waals surface area contributed by atoms with E-state index in [4.69, 9.17) is 0 Å². The Labute approximate surface area is 198 Å². The van der Waals surface area contributed by atoms with Crippen LogP contribution in [-0.2, 0) is 0 Å². The summed E-state index contributed by atoms with van der Waals surface area (Å²) in [6.45, 7) is 28.6. The molecule has 0 radical (unpaired) electrons. The van der Waals surface area contributed by atoms with E-state index in [0.717, 1.165) is 36.8 Å². The van der Waals surface area contributed by atoms with E-state index in [1.54, 1.807) is 0 Å². The second kappa shape index (κ2) is 16.5. The Hall–Kier alpha value is -0.0800. The van der Waals surface area contributed by atoms with Crippen LogP contribution in [0.2, 0.25) is 0 Å². The summed E-state index contributed by atoms with van der Waals surface area (Å²) in [6.07, 6.45) is 12.1. The molecule has 0 amide bonds. The normalized spacial score (nSPS) is 15.1. The first kappa shape index (κ1) is 30.9. The van der Waals surface area contributed by atoms with E-state index >= 15 is 0 Å². The SMILES string of the molecule is CC(C)CC(C)CCC(C)(C)CNCCCCCNCC(C)(C)CCC(C)CC(C)C. The maximum absolute atomic E-state index is 3.73. The fraction of sp³-hybridized carbons (Fsp3) is 1.00. The maximum Gasteiger partial charge on any atom is 0.000252 e. The van der Waals surface area contributed by atoms with Crippen molar-refractivity contribution >= 4 is 0 Å². The van der Waals surface area contributed by atoms with E-state index in [2.05, 4.69) is 79.9 Å². The van der Waals surface area contributed by atoms with Gasteiger partial charge in [-0.15, -0.1) is 0 Å². The molecule has 2 atom stereocenters. The molecule has 0 aromatic heterocycles. The highest BCUT2D eigenvalue weighted by Gasteiger charge is 2.20. The molecule has 0 aromatic rings. The highest BCUT2D eigenvalue weighted by atomic mass is 14.9. The minimum atomic E-state index is 0.422. The molecule has 2 heteroatoms. The number of unbranched alkanes of at least 4 members (excludes halogenated alkanes) is 2. The van der Waals surface area contributed by atoms with E-state index in [0.29, 0.717) is 10.8 Å². The van der Waals surface area contributed by atoms with Gasteiger partial charge in [0.15, 0.2) is 0 Å². The molecule has 0 aliphatic carbocycles. The summed E-state index contributed by atoms with van der Waals surface area (Å²) in [4.78, 5) is 0. The van der Waals surface area contributed by atoms with Crippen LogP contribution in [0.3, 0.4) is 0 Å². The second-order valence-electron chi connectivity index (χ2n) is 13.3. The summed E-state index contributed by atoms with van der Waals surface area (Å²) in [5.41, 5.74) is 0.843. The molecule has 0 heterocycles. The quantitative estimate of drug-likeness (QED) is 0.187. The lowest BCUT2D eigenvalue weighted by Crippen LogP contribution is -2.31. The van der Waals surface area contributed by atoms with Crippen molar-refractivity contribution in [1.82, 2.24) is 10.6 Å². The molecule has 0 bridgehead atoms. The van der Waals surface area contributed by atoms with Gasteiger partial charge in [0.05, 0.1) is 0 Å². The van der Waals surface area contributed by atoms with E-state index in [9.17, 15) is 0 Å². The van der Waals surface area contributed by atoms with E-state index < -0.39 is 0 Å². The fourth-order valence-electron chi connectivity index (χ4n) is 4.83. The zero-order valence-electron chi connectivity index (χ0n) is 23.5. The lowest BCUT2D eigenvalue weighted by molar-refractivity contribution is 0.269. The number of nitrogens with one attached hydrogen (secondary N) is 2. The Balaban J connectivity index is 3.69. The van der Waals surface area contributed by atoms with Crippen molar-refractivity contribution in [2.45, 2.75) is 127 Å².